The van der Waals surface area contributed by atoms with Crippen LogP contribution in [0.15, 0.2) is 53.4 Å². The summed E-state index contributed by atoms with van der Waals surface area (Å²) in [5.74, 6) is 1.15. The van der Waals surface area contributed by atoms with Gasteiger partial charge in [-0.15, -0.1) is 0 Å². The molecule has 27 heavy (non-hydrogen) atoms. The summed E-state index contributed by atoms with van der Waals surface area (Å²) in [7, 11) is 1.61. The Labute approximate surface area is 169 Å². The maximum atomic E-state index is 12.9. The van der Waals surface area contributed by atoms with Crippen molar-refractivity contribution >= 4 is 46.0 Å². The van der Waals surface area contributed by atoms with Crippen molar-refractivity contribution in [2.75, 3.05) is 12.0 Å². The van der Waals surface area contributed by atoms with Crippen LogP contribution in [0.5, 0.6) is 11.5 Å². The molecule has 6 heteroatoms. The number of hydrogen-bond donors (Lipinski definition) is 0. The average Bonchev–Trinajstić information content (AvgIpc) is 2.96. The summed E-state index contributed by atoms with van der Waals surface area (Å²) in [4.78, 5) is 15.1. The summed E-state index contributed by atoms with van der Waals surface area (Å²) in [6.07, 6.45) is 2.73. The van der Waals surface area contributed by atoms with Gasteiger partial charge in [0.1, 0.15) is 0 Å². The highest BCUT2D eigenvalue weighted by molar-refractivity contribution is 8.27. The lowest BCUT2D eigenvalue weighted by molar-refractivity contribution is -0.113. The van der Waals surface area contributed by atoms with Crippen molar-refractivity contribution in [2.45, 2.75) is 26.4 Å². The Morgan fingerprint density at radius 1 is 1.19 bits per heavy atom. The number of methoxy groups -OCH3 is 1. The van der Waals surface area contributed by atoms with E-state index in [1.165, 1.54) is 11.8 Å². The largest absolute Gasteiger partial charge is 0.493 e. The van der Waals surface area contributed by atoms with Gasteiger partial charge in [0.05, 0.1) is 23.8 Å². The van der Waals surface area contributed by atoms with Crippen LogP contribution in [-0.2, 0) is 4.79 Å². The van der Waals surface area contributed by atoms with Crippen LogP contribution >= 0.6 is 24.0 Å². The molecule has 0 unspecified atom stereocenters. The molecule has 1 atom stereocenters. The van der Waals surface area contributed by atoms with E-state index in [-0.39, 0.29) is 12.0 Å². The molecule has 0 bridgehead atoms. The van der Waals surface area contributed by atoms with Crippen molar-refractivity contribution < 1.29 is 14.3 Å². The highest BCUT2D eigenvalue weighted by Gasteiger charge is 2.33. The summed E-state index contributed by atoms with van der Waals surface area (Å²) >= 11 is 6.73. The van der Waals surface area contributed by atoms with Gasteiger partial charge < -0.3 is 9.47 Å². The second kappa shape index (κ2) is 8.59. The predicted molar refractivity (Wildman–Crippen MR) is 115 cm³/mol. The first kappa shape index (κ1) is 19.5. The molecule has 1 aliphatic rings. The highest BCUT2D eigenvalue weighted by atomic mass is 32.2. The van der Waals surface area contributed by atoms with E-state index >= 15 is 0 Å². The monoisotopic (exact) mass is 399 g/mol. The summed E-state index contributed by atoms with van der Waals surface area (Å²) in [6.45, 7) is 4.07. The minimum absolute atomic E-state index is 0.0345. The fourth-order valence-electron chi connectivity index (χ4n) is 2.63. The number of carbonyl (C=O) groups excluding carboxylic acids is 1. The number of rotatable bonds is 6. The minimum Gasteiger partial charge on any atom is -0.493 e. The van der Waals surface area contributed by atoms with Crippen LogP contribution in [0, 0.1) is 0 Å². The molecule has 0 radical (unpaired) electrons. The summed E-state index contributed by atoms with van der Waals surface area (Å²) in [5.41, 5.74) is 1.56. The molecule has 2 aromatic carbocycles. The summed E-state index contributed by atoms with van der Waals surface area (Å²) in [6, 6.07) is 15.1. The third-order valence-corrected chi connectivity index (χ3v) is 5.52. The van der Waals surface area contributed by atoms with Gasteiger partial charge in [0.15, 0.2) is 15.8 Å². The van der Waals surface area contributed by atoms with Crippen molar-refractivity contribution in [3.63, 3.8) is 0 Å². The Hall–Kier alpha value is -2.31. The summed E-state index contributed by atoms with van der Waals surface area (Å²) in [5, 5.41) is 0. The average molecular weight is 400 g/mol. The van der Waals surface area contributed by atoms with Gasteiger partial charge in [-0.3, -0.25) is 9.69 Å². The Balaban J connectivity index is 1.97. The molecular formula is C21H21NO3S2. The van der Waals surface area contributed by atoms with Crippen molar-refractivity contribution in [1.29, 1.82) is 0 Å². The van der Waals surface area contributed by atoms with E-state index in [0.717, 1.165) is 17.7 Å². The third-order valence-electron chi connectivity index (χ3n) is 4.22. The molecular weight excluding hydrogens is 378 g/mol. The molecule has 1 saturated heterocycles. The minimum atomic E-state index is -0.131. The highest BCUT2D eigenvalue weighted by Crippen LogP contribution is 2.39. The fourth-order valence-corrected chi connectivity index (χ4v) is 3.92. The number of benzene rings is 2. The first-order valence-corrected chi connectivity index (χ1v) is 9.94. The number of nitrogens with zero attached hydrogens (tertiary/aromatic N) is 1. The molecule has 0 aliphatic carbocycles. The molecule has 0 saturated carbocycles. The third kappa shape index (κ3) is 4.17. The van der Waals surface area contributed by atoms with Crippen LogP contribution in [0.3, 0.4) is 0 Å². The zero-order valence-electron chi connectivity index (χ0n) is 15.5. The number of thioether (sulfide) groups is 1. The number of thiocarbonyl (C=S) groups is 1. The molecule has 1 fully saturated rings. The number of para-hydroxylation sites is 2. The van der Waals surface area contributed by atoms with Gasteiger partial charge in [0.2, 0.25) is 0 Å². The first-order valence-electron chi connectivity index (χ1n) is 8.71. The van der Waals surface area contributed by atoms with E-state index in [9.17, 15) is 4.79 Å². The zero-order chi connectivity index (χ0) is 19.4. The van der Waals surface area contributed by atoms with Crippen LogP contribution in [0.1, 0.15) is 25.8 Å². The topological polar surface area (TPSA) is 38.8 Å². The van der Waals surface area contributed by atoms with E-state index in [4.69, 9.17) is 21.7 Å². The molecule has 1 aliphatic heterocycles. The number of ether oxygens (including phenoxy) is 2. The van der Waals surface area contributed by atoms with Crippen molar-refractivity contribution in [3.8, 4) is 11.5 Å². The van der Waals surface area contributed by atoms with Gasteiger partial charge in [-0.2, -0.15) is 0 Å². The second-order valence-electron chi connectivity index (χ2n) is 6.07. The van der Waals surface area contributed by atoms with Crippen molar-refractivity contribution in [1.82, 2.24) is 0 Å². The number of amides is 1. The summed E-state index contributed by atoms with van der Waals surface area (Å²) < 4.78 is 12.0. The van der Waals surface area contributed by atoms with Crippen molar-refractivity contribution in [3.05, 3.63) is 59.0 Å². The van der Waals surface area contributed by atoms with Gasteiger partial charge in [-0.25, -0.2) is 0 Å². The molecule has 1 heterocycles. The standard InChI is InChI=1S/C21H21NO3S2/c1-4-14(2)25-19-15(9-8-12-17(19)24-3)13-18-20(23)22(21(26)27-18)16-10-6-5-7-11-16/h5-14H,4H2,1-3H3/b18-13+/t14-/m0/s1. The quantitative estimate of drug-likeness (QED) is 0.488. The Morgan fingerprint density at radius 2 is 1.93 bits per heavy atom. The number of hydrogen-bond acceptors (Lipinski definition) is 5. The molecule has 4 nitrogen and oxygen atoms in total. The molecule has 140 valence electrons. The predicted octanol–water partition coefficient (Wildman–Crippen LogP) is 5.28. The maximum Gasteiger partial charge on any atom is 0.270 e. The Morgan fingerprint density at radius 3 is 2.59 bits per heavy atom. The van der Waals surface area contributed by atoms with Crippen LogP contribution < -0.4 is 14.4 Å². The lowest BCUT2D eigenvalue weighted by atomic mass is 10.1. The first-order chi connectivity index (χ1) is 13.0. The van der Waals surface area contributed by atoms with Crippen LogP contribution in [0.25, 0.3) is 6.08 Å². The zero-order valence-corrected chi connectivity index (χ0v) is 17.1. The van der Waals surface area contributed by atoms with Crippen molar-refractivity contribution in [2.24, 2.45) is 0 Å². The van der Waals surface area contributed by atoms with Gasteiger partial charge in [-0.05, 0) is 37.6 Å². The number of carbonyl (C=O) groups is 1. The molecule has 0 aromatic heterocycles. The Bertz CT molecular complexity index is 880. The van der Waals surface area contributed by atoms with Crippen LogP contribution in [0.4, 0.5) is 5.69 Å². The van der Waals surface area contributed by atoms with E-state index in [2.05, 4.69) is 6.92 Å². The van der Waals surface area contributed by atoms with E-state index in [1.807, 2.05) is 61.5 Å². The molecule has 2 aromatic rings. The van der Waals surface area contributed by atoms with Crippen LogP contribution in [-0.4, -0.2) is 23.4 Å². The number of anilines is 1. The van der Waals surface area contributed by atoms with Gasteiger partial charge in [-0.1, -0.05) is 61.2 Å². The maximum absolute atomic E-state index is 12.9. The van der Waals surface area contributed by atoms with Crippen LogP contribution in [0.2, 0.25) is 0 Å². The molecule has 3 rings (SSSR count). The van der Waals surface area contributed by atoms with E-state index < -0.39 is 0 Å². The SMILES string of the molecule is CC[C@H](C)Oc1c(/C=C2/SC(=S)N(c3ccccc3)C2=O)cccc1OC. The van der Waals surface area contributed by atoms with E-state index in [0.29, 0.717) is 20.7 Å². The normalized spacial score (nSPS) is 16.7. The lowest BCUT2D eigenvalue weighted by Gasteiger charge is -2.18. The smallest absolute Gasteiger partial charge is 0.270 e. The van der Waals surface area contributed by atoms with Gasteiger partial charge in [0, 0.05) is 5.56 Å². The van der Waals surface area contributed by atoms with Gasteiger partial charge in [0.25, 0.3) is 5.91 Å². The van der Waals surface area contributed by atoms with Gasteiger partial charge >= 0.3 is 0 Å². The lowest BCUT2D eigenvalue weighted by Crippen LogP contribution is -2.27. The second-order valence-corrected chi connectivity index (χ2v) is 7.74. The molecule has 1 amide bonds. The molecule has 0 spiro atoms. The Kier molecular flexibility index (Phi) is 6.19. The fraction of sp³-hybridized carbons (Fsp3) is 0.238. The molecule has 0 N–H and O–H groups in total. The van der Waals surface area contributed by atoms with E-state index in [1.54, 1.807) is 12.0 Å².